The normalized spacial score (nSPS) is 17.1. The van der Waals surface area contributed by atoms with Crippen molar-refractivity contribution in [1.82, 2.24) is 15.0 Å². The highest BCUT2D eigenvalue weighted by Gasteiger charge is 2.31. The van der Waals surface area contributed by atoms with Gasteiger partial charge in [0.05, 0.1) is 11.4 Å². The van der Waals surface area contributed by atoms with Crippen LogP contribution in [0, 0.1) is 11.8 Å². The fraction of sp³-hybridized carbons (Fsp3) is 0.0392. The van der Waals surface area contributed by atoms with Gasteiger partial charge in [-0.3, -0.25) is 0 Å². The summed E-state index contributed by atoms with van der Waals surface area (Å²) in [5.74, 6) is 2.59. The lowest BCUT2D eigenvalue weighted by Gasteiger charge is -2.33. The van der Waals surface area contributed by atoms with Crippen LogP contribution in [0.2, 0.25) is 0 Å². The van der Waals surface area contributed by atoms with Crippen LogP contribution in [0.5, 0.6) is 0 Å². The van der Waals surface area contributed by atoms with Gasteiger partial charge in [0.2, 0.25) is 0 Å². The summed E-state index contributed by atoms with van der Waals surface area (Å²) in [4.78, 5) is 19.9. The van der Waals surface area contributed by atoms with Crippen molar-refractivity contribution in [3.8, 4) is 34.2 Å². The predicted molar refractivity (Wildman–Crippen MR) is 236 cm³/mol. The quantitative estimate of drug-likeness (QED) is 0.179. The smallest absolute Gasteiger partial charge is 0.164 e. The standard InChI is InChI=1S/C51H32N4S2/c1-3-14-31(15-4-1)49-52-50(32-16-5-2-6-17-32)54-51(53-49)33-18-13-19-34(26-33)55-43-24-11-12-25-45(43)56-48-29-42-41-27-39-37-22-9-7-20-35(37)36-21-8-10-23-38(36)40(39)28-46(41)57-47(42)30-44(48)55/h1-30,38,40H. The fourth-order valence-electron chi connectivity index (χ4n) is 8.84. The summed E-state index contributed by atoms with van der Waals surface area (Å²) < 4.78 is 2.65. The Balaban J connectivity index is 1.03. The number of thiophene rings is 1. The first-order valence-corrected chi connectivity index (χ1v) is 20.9. The number of benzene rings is 6. The molecule has 3 heterocycles. The molecule has 0 bridgehead atoms. The van der Waals surface area contributed by atoms with E-state index >= 15 is 0 Å². The SMILES string of the molecule is C1=CC2=c3ccccc3=C3C=c4c(sc5cc6c(cc45)Sc4ccccc4N6c4cccc(-c5nc(-c6ccccc6)nc(-c6ccccc6)n5)c4)=CC3C2C=C1. The van der Waals surface area contributed by atoms with Gasteiger partial charge in [-0.1, -0.05) is 151 Å². The lowest BCUT2D eigenvalue weighted by Crippen LogP contribution is -2.41. The topological polar surface area (TPSA) is 41.9 Å². The van der Waals surface area contributed by atoms with E-state index in [1.807, 2.05) is 83.8 Å². The van der Waals surface area contributed by atoms with Crippen molar-refractivity contribution < 1.29 is 0 Å². The molecule has 0 saturated carbocycles. The average molecular weight is 765 g/mol. The lowest BCUT2D eigenvalue weighted by atomic mass is 9.72. The maximum Gasteiger partial charge on any atom is 0.164 e. The van der Waals surface area contributed by atoms with Gasteiger partial charge in [-0.15, -0.1) is 11.3 Å². The van der Waals surface area contributed by atoms with E-state index < -0.39 is 0 Å². The minimum Gasteiger partial charge on any atom is -0.308 e. The Morgan fingerprint density at radius 3 is 1.96 bits per heavy atom. The Morgan fingerprint density at radius 1 is 0.526 bits per heavy atom. The summed E-state index contributed by atoms with van der Waals surface area (Å²) in [5.41, 5.74) is 9.08. The summed E-state index contributed by atoms with van der Waals surface area (Å²) in [6, 6.07) is 51.5. The summed E-state index contributed by atoms with van der Waals surface area (Å²) in [6.45, 7) is 0. The Labute approximate surface area is 337 Å². The van der Waals surface area contributed by atoms with Gasteiger partial charge in [0.1, 0.15) is 0 Å². The second kappa shape index (κ2) is 13.0. The van der Waals surface area contributed by atoms with Gasteiger partial charge in [0.25, 0.3) is 0 Å². The highest BCUT2D eigenvalue weighted by molar-refractivity contribution is 7.99. The number of aromatic nitrogens is 3. The molecule has 6 heteroatoms. The molecule has 8 aromatic rings. The summed E-state index contributed by atoms with van der Waals surface area (Å²) in [5, 5.41) is 5.36. The molecule has 4 nitrogen and oxygen atoms in total. The molecule has 4 aliphatic rings. The first-order valence-electron chi connectivity index (χ1n) is 19.3. The summed E-state index contributed by atoms with van der Waals surface area (Å²) >= 11 is 3.77. The minimum atomic E-state index is 0.310. The van der Waals surface area contributed by atoms with Crippen molar-refractivity contribution in [1.29, 1.82) is 0 Å². The molecule has 3 aliphatic carbocycles. The molecule has 2 aromatic heterocycles. The van der Waals surface area contributed by atoms with Crippen LogP contribution in [0.1, 0.15) is 0 Å². The van der Waals surface area contributed by atoms with Gasteiger partial charge in [-0.25, -0.2) is 15.0 Å². The third-order valence-electron chi connectivity index (χ3n) is 11.5. The van der Waals surface area contributed by atoms with E-state index in [2.05, 4.69) is 126 Å². The lowest BCUT2D eigenvalue weighted by molar-refractivity contribution is 0.730. The molecule has 2 unspecified atom stereocenters. The molecule has 0 spiro atoms. The van der Waals surface area contributed by atoms with E-state index in [0.717, 1.165) is 28.1 Å². The molecule has 6 aromatic carbocycles. The number of fused-ring (bicyclic) bond motifs is 9. The Kier molecular flexibility index (Phi) is 7.43. The third kappa shape index (κ3) is 5.32. The van der Waals surface area contributed by atoms with Gasteiger partial charge in [-0.05, 0) is 64.1 Å². The number of nitrogens with zero attached hydrogens (tertiary/aromatic N) is 4. The van der Waals surface area contributed by atoms with Gasteiger partial charge in [0.15, 0.2) is 17.5 Å². The minimum absolute atomic E-state index is 0.310. The molecule has 0 radical (unpaired) electrons. The zero-order valence-corrected chi connectivity index (χ0v) is 32.2. The van der Waals surface area contributed by atoms with E-state index in [9.17, 15) is 0 Å². The Hall–Kier alpha value is -6.60. The second-order valence-electron chi connectivity index (χ2n) is 14.8. The molecule has 0 fully saturated rings. The highest BCUT2D eigenvalue weighted by Crippen LogP contribution is 2.53. The largest absolute Gasteiger partial charge is 0.308 e. The monoisotopic (exact) mass is 764 g/mol. The zero-order chi connectivity index (χ0) is 37.5. The zero-order valence-electron chi connectivity index (χ0n) is 30.6. The third-order valence-corrected chi connectivity index (χ3v) is 13.7. The van der Waals surface area contributed by atoms with Gasteiger partial charge in [0, 0.05) is 63.8 Å². The number of anilines is 3. The first-order chi connectivity index (χ1) is 28.2. The molecule has 0 saturated heterocycles. The maximum absolute atomic E-state index is 5.06. The van der Waals surface area contributed by atoms with Crippen LogP contribution in [0.15, 0.2) is 180 Å². The fourth-order valence-corrected chi connectivity index (χ4v) is 11.1. The number of hydrogen-bond acceptors (Lipinski definition) is 6. The molecule has 2 atom stereocenters. The van der Waals surface area contributed by atoms with Crippen LogP contribution in [0.3, 0.4) is 0 Å². The number of rotatable bonds is 4. The van der Waals surface area contributed by atoms with Gasteiger partial charge in [-0.2, -0.15) is 0 Å². The maximum atomic E-state index is 5.06. The molecular weight excluding hydrogens is 733 g/mol. The van der Waals surface area contributed by atoms with E-state index in [1.54, 1.807) is 0 Å². The second-order valence-corrected chi connectivity index (χ2v) is 16.9. The molecule has 12 rings (SSSR count). The van der Waals surface area contributed by atoms with E-state index in [1.165, 1.54) is 56.9 Å². The number of hydrogen-bond donors (Lipinski definition) is 0. The molecule has 1 aliphatic heterocycles. The van der Waals surface area contributed by atoms with Crippen molar-refractivity contribution in [2.45, 2.75) is 9.79 Å². The molecule has 0 amide bonds. The van der Waals surface area contributed by atoms with Crippen LogP contribution in [0.25, 0.3) is 67.5 Å². The predicted octanol–water partition coefficient (Wildman–Crippen LogP) is 9.97. The van der Waals surface area contributed by atoms with E-state index in [-0.39, 0.29) is 0 Å². The van der Waals surface area contributed by atoms with Crippen LogP contribution < -0.4 is 25.1 Å². The van der Waals surface area contributed by atoms with Gasteiger partial charge >= 0.3 is 0 Å². The first kappa shape index (κ1) is 32.6. The van der Waals surface area contributed by atoms with Crippen molar-refractivity contribution in [3.05, 3.63) is 190 Å². The summed E-state index contributed by atoms with van der Waals surface area (Å²) in [7, 11) is 0. The van der Waals surface area contributed by atoms with Crippen LogP contribution >= 0.6 is 23.1 Å². The Bertz CT molecular complexity index is 3230. The van der Waals surface area contributed by atoms with Crippen LogP contribution in [-0.2, 0) is 0 Å². The van der Waals surface area contributed by atoms with Gasteiger partial charge < -0.3 is 4.90 Å². The molecular formula is C51H32N4S2. The average Bonchev–Trinajstić information content (AvgIpc) is 3.63. The number of allylic oxidation sites excluding steroid dienone is 4. The summed E-state index contributed by atoms with van der Waals surface area (Å²) in [6.07, 6.45) is 14.1. The number of para-hydroxylation sites is 1. The molecule has 268 valence electrons. The highest BCUT2D eigenvalue weighted by atomic mass is 32.2. The Morgan fingerprint density at radius 2 is 1.19 bits per heavy atom. The van der Waals surface area contributed by atoms with Crippen molar-refractivity contribution in [3.63, 3.8) is 0 Å². The van der Waals surface area contributed by atoms with Crippen molar-refractivity contribution >= 4 is 73.5 Å². The van der Waals surface area contributed by atoms with Crippen LogP contribution in [0.4, 0.5) is 17.1 Å². The van der Waals surface area contributed by atoms with E-state index in [0.29, 0.717) is 29.3 Å². The van der Waals surface area contributed by atoms with Crippen molar-refractivity contribution in [2.24, 2.45) is 11.8 Å². The van der Waals surface area contributed by atoms with Crippen molar-refractivity contribution in [2.75, 3.05) is 4.90 Å². The van der Waals surface area contributed by atoms with Crippen LogP contribution in [-0.4, -0.2) is 15.0 Å². The molecule has 57 heavy (non-hydrogen) atoms. The van der Waals surface area contributed by atoms with E-state index in [4.69, 9.17) is 15.0 Å². The molecule has 0 N–H and O–H groups in total.